The molecule has 0 aliphatic heterocycles. The first-order valence-corrected chi connectivity index (χ1v) is 5.84. The normalized spacial score (nSPS) is 9.68. The minimum Gasteiger partial charge on any atom is -0.366 e. The Morgan fingerprint density at radius 2 is 2.05 bits per heavy atom. The number of nitrogens with two attached hydrogens (primary N) is 1. The zero-order valence-corrected chi connectivity index (χ0v) is 10.6. The van der Waals surface area contributed by atoms with Crippen molar-refractivity contribution in [3.63, 3.8) is 0 Å². The fraction of sp³-hybridized carbons (Fsp3) is 0. The number of halogens is 1. The Morgan fingerprint density at radius 1 is 1.26 bits per heavy atom. The minimum absolute atomic E-state index is 0.400. The van der Waals surface area contributed by atoms with E-state index in [1.165, 1.54) is 0 Å². The molecule has 0 fully saturated rings. The molecule has 0 aliphatic rings. The number of primary amides is 1. The number of anilines is 2. The maximum Gasteiger partial charge on any atom is 0.248 e. The third-order valence-electron chi connectivity index (χ3n) is 2.53. The Kier molecular flexibility index (Phi) is 3.69. The van der Waals surface area contributed by atoms with E-state index in [4.69, 9.17) is 22.6 Å². The van der Waals surface area contributed by atoms with Gasteiger partial charge in [-0.1, -0.05) is 17.7 Å². The van der Waals surface area contributed by atoms with Crippen LogP contribution in [0, 0.1) is 11.3 Å². The van der Waals surface area contributed by atoms with E-state index < -0.39 is 5.91 Å². The highest BCUT2D eigenvalue weighted by Gasteiger charge is 2.05. The average Bonchev–Trinajstić information content (AvgIpc) is 2.41. The van der Waals surface area contributed by atoms with Gasteiger partial charge in [0.1, 0.15) is 6.07 Å². The van der Waals surface area contributed by atoms with Crippen LogP contribution >= 0.6 is 11.6 Å². The molecule has 2 aromatic carbocycles. The maximum atomic E-state index is 11.1. The van der Waals surface area contributed by atoms with Crippen LogP contribution in [0.25, 0.3) is 0 Å². The van der Waals surface area contributed by atoms with Gasteiger partial charge in [-0.2, -0.15) is 5.26 Å². The summed E-state index contributed by atoms with van der Waals surface area (Å²) in [6, 6.07) is 13.8. The lowest BCUT2D eigenvalue weighted by atomic mass is 10.1. The van der Waals surface area contributed by atoms with Gasteiger partial charge < -0.3 is 11.1 Å². The zero-order valence-electron chi connectivity index (χ0n) is 9.85. The average molecular weight is 272 g/mol. The zero-order chi connectivity index (χ0) is 13.8. The molecule has 0 aliphatic carbocycles. The van der Waals surface area contributed by atoms with Gasteiger partial charge in [0, 0.05) is 16.3 Å². The number of nitriles is 1. The second kappa shape index (κ2) is 5.42. The van der Waals surface area contributed by atoms with E-state index in [0.29, 0.717) is 27.5 Å². The van der Waals surface area contributed by atoms with E-state index in [1.54, 1.807) is 42.5 Å². The SMILES string of the molecule is N#Cc1cc(Cl)ccc1Nc1cccc(C(N)=O)c1. The fourth-order valence-corrected chi connectivity index (χ4v) is 1.80. The monoisotopic (exact) mass is 271 g/mol. The van der Waals surface area contributed by atoms with Crippen LogP contribution < -0.4 is 11.1 Å². The molecule has 0 unspecified atom stereocenters. The molecule has 0 heterocycles. The van der Waals surface area contributed by atoms with Crippen molar-refractivity contribution in [2.75, 3.05) is 5.32 Å². The van der Waals surface area contributed by atoms with Crippen LogP contribution in [0.3, 0.4) is 0 Å². The van der Waals surface area contributed by atoms with Gasteiger partial charge >= 0.3 is 0 Å². The van der Waals surface area contributed by atoms with Crippen molar-refractivity contribution in [1.82, 2.24) is 0 Å². The van der Waals surface area contributed by atoms with E-state index in [2.05, 4.69) is 11.4 Å². The number of hydrogen-bond donors (Lipinski definition) is 2. The van der Waals surface area contributed by atoms with Gasteiger partial charge in [-0.15, -0.1) is 0 Å². The first-order chi connectivity index (χ1) is 9.10. The highest BCUT2D eigenvalue weighted by Crippen LogP contribution is 2.24. The highest BCUT2D eigenvalue weighted by molar-refractivity contribution is 6.30. The molecule has 0 atom stereocenters. The number of nitrogens with one attached hydrogen (secondary N) is 1. The summed E-state index contributed by atoms with van der Waals surface area (Å²) in [4.78, 5) is 11.1. The Hall–Kier alpha value is -2.51. The van der Waals surface area contributed by atoms with Crippen LogP contribution in [-0.2, 0) is 0 Å². The fourth-order valence-electron chi connectivity index (χ4n) is 1.62. The van der Waals surface area contributed by atoms with E-state index >= 15 is 0 Å². The molecular formula is C14H10ClN3O. The molecule has 1 amide bonds. The van der Waals surface area contributed by atoms with Crippen LogP contribution in [0.1, 0.15) is 15.9 Å². The number of hydrogen-bond acceptors (Lipinski definition) is 3. The van der Waals surface area contributed by atoms with Crippen molar-refractivity contribution in [2.24, 2.45) is 5.73 Å². The summed E-state index contributed by atoms with van der Waals surface area (Å²) in [5.74, 6) is -0.500. The van der Waals surface area contributed by atoms with Crippen molar-refractivity contribution < 1.29 is 4.79 Å². The quantitative estimate of drug-likeness (QED) is 0.900. The van der Waals surface area contributed by atoms with Gasteiger partial charge in [-0.3, -0.25) is 4.79 Å². The smallest absolute Gasteiger partial charge is 0.248 e. The molecule has 2 aromatic rings. The molecule has 5 heteroatoms. The highest BCUT2D eigenvalue weighted by atomic mass is 35.5. The van der Waals surface area contributed by atoms with Crippen LogP contribution in [0.4, 0.5) is 11.4 Å². The number of amides is 1. The molecule has 0 bridgehead atoms. The van der Waals surface area contributed by atoms with Gasteiger partial charge in [0.05, 0.1) is 11.3 Å². The van der Waals surface area contributed by atoms with Gasteiger partial charge in [0.2, 0.25) is 5.91 Å². The lowest BCUT2D eigenvalue weighted by molar-refractivity contribution is 0.100. The van der Waals surface area contributed by atoms with E-state index in [9.17, 15) is 4.79 Å². The van der Waals surface area contributed by atoms with Crippen LogP contribution in [0.15, 0.2) is 42.5 Å². The molecule has 94 valence electrons. The molecule has 0 radical (unpaired) electrons. The summed E-state index contributed by atoms with van der Waals surface area (Å²) < 4.78 is 0. The summed E-state index contributed by atoms with van der Waals surface area (Å²) in [5, 5.41) is 12.6. The van der Waals surface area contributed by atoms with Crippen molar-refractivity contribution in [3.8, 4) is 6.07 Å². The number of benzene rings is 2. The summed E-state index contributed by atoms with van der Waals surface area (Å²) >= 11 is 5.83. The molecule has 19 heavy (non-hydrogen) atoms. The van der Waals surface area contributed by atoms with E-state index in [0.717, 1.165) is 0 Å². The second-order valence-corrected chi connectivity index (χ2v) is 4.31. The molecule has 2 rings (SSSR count). The number of rotatable bonds is 3. The Bertz CT molecular complexity index is 677. The van der Waals surface area contributed by atoms with Gasteiger partial charge in [-0.25, -0.2) is 0 Å². The van der Waals surface area contributed by atoms with Crippen molar-refractivity contribution in [2.45, 2.75) is 0 Å². The van der Waals surface area contributed by atoms with E-state index in [1.807, 2.05) is 0 Å². The Balaban J connectivity index is 2.34. The van der Waals surface area contributed by atoms with Gasteiger partial charge in [0.25, 0.3) is 0 Å². The predicted molar refractivity (Wildman–Crippen MR) is 74.4 cm³/mol. The van der Waals surface area contributed by atoms with Crippen LogP contribution in [-0.4, -0.2) is 5.91 Å². The maximum absolute atomic E-state index is 11.1. The summed E-state index contributed by atoms with van der Waals surface area (Å²) in [6.07, 6.45) is 0. The molecule has 0 spiro atoms. The summed E-state index contributed by atoms with van der Waals surface area (Å²) in [5.41, 5.74) is 7.34. The molecule has 3 N–H and O–H groups in total. The topological polar surface area (TPSA) is 78.9 Å². The van der Waals surface area contributed by atoms with Gasteiger partial charge in [0.15, 0.2) is 0 Å². The van der Waals surface area contributed by atoms with Crippen molar-refractivity contribution in [1.29, 1.82) is 5.26 Å². The van der Waals surface area contributed by atoms with Crippen LogP contribution in [0.2, 0.25) is 5.02 Å². The third-order valence-corrected chi connectivity index (χ3v) is 2.76. The van der Waals surface area contributed by atoms with Crippen molar-refractivity contribution >= 4 is 28.9 Å². The standard InChI is InChI=1S/C14H10ClN3O/c15-11-4-5-13(10(6-11)8-16)18-12-3-1-2-9(7-12)14(17)19/h1-7,18H,(H2,17,19). The van der Waals surface area contributed by atoms with E-state index in [-0.39, 0.29) is 0 Å². The summed E-state index contributed by atoms with van der Waals surface area (Å²) in [7, 11) is 0. The lowest BCUT2D eigenvalue weighted by Crippen LogP contribution is -2.10. The molecule has 0 aromatic heterocycles. The molecule has 4 nitrogen and oxygen atoms in total. The number of nitrogens with zero attached hydrogens (tertiary/aromatic N) is 1. The largest absolute Gasteiger partial charge is 0.366 e. The lowest BCUT2D eigenvalue weighted by Gasteiger charge is -2.09. The first kappa shape index (κ1) is 12.9. The number of carbonyl (C=O) groups excluding carboxylic acids is 1. The minimum atomic E-state index is -0.500. The first-order valence-electron chi connectivity index (χ1n) is 5.46. The molecular weight excluding hydrogens is 262 g/mol. The Labute approximate surface area is 115 Å². The Morgan fingerprint density at radius 3 is 2.74 bits per heavy atom. The predicted octanol–water partition coefficient (Wildman–Crippen LogP) is 3.05. The summed E-state index contributed by atoms with van der Waals surface area (Å²) in [6.45, 7) is 0. The van der Waals surface area contributed by atoms with Crippen molar-refractivity contribution in [3.05, 3.63) is 58.6 Å². The second-order valence-electron chi connectivity index (χ2n) is 3.87. The molecule has 0 saturated carbocycles. The van der Waals surface area contributed by atoms with Crippen LogP contribution in [0.5, 0.6) is 0 Å². The third kappa shape index (κ3) is 3.03. The number of carbonyl (C=O) groups is 1. The van der Waals surface area contributed by atoms with Gasteiger partial charge in [-0.05, 0) is 36.4 Å². The molecule has 0 saturated heterocycles.